The van der Waals surface area contributed by atoms with Crippen LogP contribution in [0, 0.1) is 5.92 Å². The van der Waals surface area contributed by atoms with Crippen LogP contribution in [0.1, 0.15) is 36.1 Å². The summed E-state index contributed by atoms with van der Waals surface area (Å²) in [5.41, 5.74) is 0. The molecule has 0 saturated carbocycles. The van der Waals surface area contributed by atoms with Crippen molar-refractivity contribution >= 4 is 33.8 Å². The molecule has 2 unspecified atom stereocenters. The second-order valence-electron chi connectivity index (χ2n) is 7.75. The number of hydrogen-bond donors (Lipinski definition) is 1. The van der Waals surface area contributed by atoms with Gasteiger partial charge in [-0.05, 0) is 44.1 Å². The van der Waals surface area contributed by atoms with Gasteiger partial charge in [-0.15, -0.1) is 0 Å². The van der Waals surface area contributed by atoms with Crippen molar-refractivity contribution in [1.82, 2.24) is 18.8 Å². The fourth-order valence-electron chi connectivity index (χ4n) is 3.45. The number of nitrogens with one attached hydrogen (secondary N) is 1. The SMILES string of the molecule is CSCc1ccc(C(=O)N2CCCC(C(C)NC(=O)CN(C)S(=O)(=O)N(C)C)C2)o1. The Bertz CT molecular complexity index is 840. The van der Waals surface area contributed by atoms with Crippen LogP contribution in [0.5, 0.6) is 0 Å². The van der Waals surface area contributed by atoms with Gasteiger partial charge in [-0.25, -0.2) is 0 Å². The molecule has 9 nitrogen and oxygen atoms in total. The van der Waals surface area contributed by atoms with E-state index in [1.807, 2.05) is 19.2 Å². The topological polar surface area (TPSA) is 103 Å². The van der Waals surface area contributed by atoms with Crippen molar-refractivity contribution in [3.8, 4) is 0 Å². The normalized spacial score (nSPS) is 18.6. The van der Waals surface area contributed by atoms with E-state index in [-0.39, 0.29) is 30.3 Å². The van der Waals surface area contributed by atoms with Gasteiger partial charge in [0.2, 0.25) is 5.91 Å². The maximum absolute atomic E-state index is 12.8. The molecule has 0 bridgehead atoms. The predicted molar refractivity (Wildman–Crippen MR) is 117 cm³/mol. The van der Waals surface area contributed by atoms with Gasteiger partial charge in [0.05, 0.1) is 12.3 Å². The Kier molecular flexibility index (Phi) is 8.77. The molecule has 2 atom stereocenters. The van der Waals surface area contributed by atoms with Crippen molar-refractivity contribution in [2.75, 3.05) is 47.0 Å². The van der Waals surface area contributed by atoms with E-state index in [4.69, 9.17) is 4.42 Å². The Labute approximate surface area is 183 Å². The second kappa shape index (κ2) is 10.7. The number of likely N-dealkylation sites (N-methyl/N-ethyl adjacent to an activating group) is 1. The van der Waals surface area contributed by atoms with Crippen LogP contribution in [0.2, 0.25) is 0 Å². The number of furan rings is 1. The van der Waals surface area contributed by atoms with Gasteiger partial charge in [-0.1, -0.05) is 0 Å². The monoisotopic (exact) mass is 460 g/mol. The number of carbonyl (C=O) groups is 2. The van der Waals surface area contributed by atoms with Gasteiger partial charge < -0.3 is 14.6 Å². The Hall–Kier alpha value is -1.56. The van der Waals surface area contributed by atoms with Crippen LogP contribution in [0.4, 0.5) is 0 Å². The molecule has 0 aromatic carbocycles. The van der Waals surface area contributed by atoms with Crippen LogP contribution in [-0.2, 0) is 20.8 Å². The first-order valence-electron chi connectivity index (χ1n) is 9.86. The van der Waals surface area contributed by atoms with E-state index in [0.717, 1.165) is 33.0 Å². The van der Waals surface area contributed by atoms with Gasteiger partial charge in [-0.3, -0.25) is 9.59 Å². The molecule has 2 heterocycles. The Morgan fingerprint density at radius 3 is 2.67 bits per heavy atom. The largest absolute Gasteiger partial charge is 0.455 e. The smallest absolute Gasteiger partial charge is 0.289 e. The highest BCUT2D eigenvalue weighted by Crippen LogP contribution is 2.23. The summed E-state index contributed by atoms with van der Waals surface area (Å²) in [6, 6.07) is 3.35. The minimum Gasteiger partial charge on any atom is -0.455 e. The van der Waals surface area contributed by atoms with E-state index in [0.29, 0.717) is 18.8 Å². The molecule has 1 N–H and O–H groups in total. The minimum atomic E-state index is -3.64. The maximum atomic E-state index is 12.8. The molecule has 1 aromatic rings. The fraction of sp³-hybridized carbons (Fsp3) is 0.684. The summed E-state index contributed by atoms with van der Waals surface area (Å²) in [7, 11) is 0.565. The molecule has 1 aromatic heterocycles. The van der Waals surface area contributed by atoms with Crippen LogP contribution in [0.25, 0.3) is 0 Å². The van der Waals surface area contributed by atoms with Gasteiger partial charge in [0.25, 0.3) is 16.1 Å². The lowest BCUT2D eigenvalue weighted by molar-refractivity contribution is -0.122. The molecule has 2 rings (SSSR count). The first-order valence-corrected chi connectivity index (χ1v) is 12.7. The van der Waals surface area contributed by atoms with Crippen molar-refractivity contribution < 1.29 is 22.4 Å². The van der Waals surface area contributed by atoms with E-state index >= 15 is 0 Å². The number of amides is 2. The highest BCUT2D eigenvalue weighted by molar-refractivity contribution is 7.97. The molecule has 1 aliphatic rings. The number of rotatable bonds is 9. The van der Waals surface area contributed by atoms with Crippen LogP contribution in [0.15, 0.2) is 16.5 Å². The molecule has 1 fully saturated rings. The number of piperidine rings is 1. The average Bonchev–Trinajstić information content (AvgIpc) is 3.16. The van der Waals surface area contributed by atoms with E-state index < -0.39 is 10.2 Å². The molecule has 2 amide bonds. The summed E-state index contributed by atoms with van der Waals surface area (Å²) in [5, 5.41) is 2.88. The third-order valence-corrected chi connectivity index (χ3v) is 7.63. The molecular weight excluding hydrogens is 428 g/mol. The third-order valence-electron chi connectivity index (χ3n) is 5.22. The first kappa shape index (κ1) is 24.7. The number of nitrogens with zero attached hydrogens (tertiary/aromatic N) is 3. The summed E-state index contributed by atoms with van der Waals surface area (Å²) in [6.45, 7) is 2.80. The van der Waals surface area contributed by atoms with Gasteiger partial charge in [-0.2, -0.15) is 28.8 Å². The van der Waals surface area contributed by atoms with Gasteiger partial charge in [0, 0.05) is 40.3 Å². The Balaban J connectivity index is 1.92. The molecule has 1 aliphatic heterocycles. The zero-order chi connectivity index (χ0) is 22.5. The first-order chi connectivity index (χ1) is 14.1. The van der Waals surface area contributed by atoms with Gasteiger partial charge in [0.1, 0.15) is 5.76 Å². The third kappa shape index (κ3) is 6.22. The fourth-order valence-corrected chi connectivity index (χ4v) is 4.73. The quantitative estimate of drug-likeness (QED) is 0.595. The summed E-state index contributed by atoms with van der Waals surface area (Å²) >= 11 is 1.63. The Morgan fingerprint density at radius 2 is 2.03 bits per heavy atom. The highest BCUT2D eigenvalue weighted by Gasteiger charge is 2.30. The van der Waals surface area contributed by atoms with Crippen molar-refractivity contribution in [2.24, 2.45) is 5.92 Å². The maximum Gasteiger partial charge on any atom is 0.289 e. The Morgan fingerprint density at radius 1 is 1.33 bits per heavy atom. The van der Waals surface area contributed by atoms with E-state index in [2.05, 4.69) is 5.32 Å². The lowest BCUT2D eigenvalue weighted by atomic mass is 9.91. The van der Waals surface area contributed by atoms with Gasteiger partial charge >= 0.3 is 0 Å². The summed E-state index contributed by atoms with van der Waals surface area (Å²) in [6.07, 6.45) is 3.69. The number of thioether (sulfide) groups is 1. The van der Waals surface area contributed by atoms with Crippen LogP contribution in [0.3, 0.4) is 0 Å². The molecule has 0 spiro atoms. The molecule has 30 heavy (non-hydrogen) atoms. The molecule has 1 saturated heterocycles. The molecule has 11 heteroatoms. The second-order valence-corrected chi connectivity index (χ2v) is 10.9. The molecule has 0 aliphatic carbocycles. The van der Waals surface area contributed by atoms with Crippen molar-refractivity contribution in [3.63, 3.8) is 0 Å². The van der Waals surface area contributed by atoms with Crippen LogP contribution in [-0.4, -0.2) is 86.8 Å². The summed E-state index contributed by atoms with van der Waals surface area (Å²) < 4.78 is 31.9. The van der Waals surface area contributed by atoms with E-state index in [1.54, 1.807) is 22.7 Å². The van der Waals surface area contributed by atoms with Gasteiger partial charge in [0.15, 0.2) is 5.76 Å². The number of carbonyl (C=O) groups excluding carboxylic acids is 2. The lowest BCUT2D eigenvalue weighted by Crippen LogP contribution is -2.50. The zero-order valence-corrected chi connectivity index (χ0v) is 19.9. The van der Waals surface area contributed by atoms with Crippen molar-refractivity contribution in [3.05, 3.63) is 23.7 Å². The predicted octanol–water partition coefficient (Wildman–Crippen LogP) is 1.24. The summed E-state index contributed by atoms with van der Waals surface area (Å²) in [5.74, 6) is 1.41. The number of hydrogen-bond acceptors (Lipinski definition) is 6. The number of likely N-dealkylation sites (tertiary alicyclic amines) is 1. The summed E-state index contributed by atoms with van der Waals surface area (Å²) in [4.78, 5) is 26.9. The molecular formula is C19H32N4O5S2. The standard InChI is InChI=1S/C19H32N4O5S2/c1-14(20-18(24)12-22(4)30(26,27)21(2)3)15-7-6-10-23(11-15)19(25)17-9-8-16(28-17)13-29-5/h8-9,14-15H,6-7,10-13H2,1-5H3,(H,20,24). The van der Waals surface area contributed by atoms with Crippen molar-refractivity contribution in [2.45, 2.75) is 31.6 Å². The van der Waals surface area contributed by atoms with Crippen molar-refractivity contribution in [1.29, 1.82) is 0 Å². The highest BCUT2D eigenvalue weighted by atomic mass is 32.2. The zero-order valence-electron chi connectivity index (χ0n) is 18.3. The molecule has 0 radical (unpaired) electrons. The molecule has 170 valence electrons. The van der Waals surface area contributed by atoms with Crippen LogP contribution < -0.4 is 5.32 Å². The van der Waals surface area contributed by atoms with E-state index in [1.165, 1.54) is 21.1 Å². The van der Waals surface area contributed by atoms with E-state index in [9.17, 15) is 18.0 Å². The average molecular weight is 461 g/mol. The minimum absolute atomic E-state index is 0.0862. The van der Waals surface area contributed by atoms with Crippen LogP contribution >= 0.6 is 11.8 Å². The lowest BCUT2D eigenvalue weighted by Gasteiger charge is -2.35.